The van der Waals surface area contributed by atoms with Crippen LogP contribution in [-0.4, -0.2) is 32.8 Å². The van der Waals surface area contributed by atoms with E-state index in [0.29, 0.717) is 12.8 Å². The van der Waals surface area contributed by atoms with Crippen LogP contribution in [0.5, 0.6) is 0 Å². The molecule has 0 radical (unpaired) electrons. The lowest BCUT2D eigenvalue weighted by Crippen LogP contribution is -2.43. The second kappa shape index (κ2) is 6.89. The Morgan fingerprint density at radius 1 is 1.00 bits per heavy atom. The molecule has 5 nitrogen and oxygen atoms in total. The molecule has 0 unspecified atom stereocenters. The van der Waals surface area contributed by atoms with Crippen molar-refractivity contribution in [3.8, 4) is 0 Å². The van der Waals surface area contributed by atoms with Crippen LogP contribution < -0.4 is 4.72 Å². The van der Waals surface area contributed by atoms with Gasteiger partial charge in [-0.05, 0) is 38.5 Å². The summed E-state index contributed by atoms with van der Waals surface area (Å²) in [6.45, 7) is 0. The number of esters is 1. The first kappa shape index (κ1) is 15.8. The fourth-order valence-corrected chi connectivity index (χ4v) is 5.16. The number of hydrogen-bond acceptors (Lipinski definition) is 4. The summed E-state index contributed by atoms with van der Waals surface area (Å²) in [6.07, 6.45) is 7.63. The number of rotatable bonds is 4. The molecular formula is C14H25NO4S. The average molecular weight is 303 g/mol. The zero-order valence-corrected chi connectivity index (χ0v) is 13.0. The molecule has 2 saturated carbocycles. The van der Waals surface area contributed by atoms with E-state index in [-0.39, 0.29) is 23.2 Å². The van der Waals surface area contributed by atoms with Crippen LogP contribution in [0.3, 0.4) is 0 Å². The smallest absolute Gasteiger partial charge is 0.308 e. The van der Waals surface area contributed by atoms with E-state index in [4.69, 9.17) is 4.74 Å². The van der Waals surface area contributed by atoms with Crippen molar-refractivity contribution in [1.82, 2.24) is 4.72 Å². The van der Waals surface area contributed by atoms with Gasteiger partial charge in [-0.3, -0.25) is 4.79 Å². The van der Waals surface area contributed by atoms with Crippen LogP contribution >= 0.6 is 0 Å². The van der Waals surface area contributed by atoms with Gasteiger partial charge in [0.15, 0.2) is 0 Å². The van der Waals surface area contributed by atoms with E-state index < -0.39 is 10.0 Å². The summed E-state index contributed by atoms with van der Waals surface area (Å²) in [5.74, 6) is -0.228. The standard InChI is InChI=1S/C14H25NO4S/c1-19-14(16)11-7-9-12(10-8-11)15-20(17,18)13-5-3-2-4-6-13/h11-13,15H,2-10H2,1H3. The molecule has 2 aliphatic carbocycles. The van der Waals surface area contributed by atoms with Gasteiger partial charge in [-0.1, -0.05) is 19.3 Å². The lowest BCUT2D eigenvalue weighted by Gasteiger charge is -2.30. The van der Waals surface area contributed by atoms with E-state index in [1.165, 1.54) is 7.11 Å². The Labute approximate surface area is 121 Å². The molecule has 0 saturated heterocycles. The van der Waals surface area contributed by atoms with Gasteiger partial charge in [-0.25, -0.2) is 13.1 Å². The van der Waals surface area contributed by atoms with Crippen molar-refractivity contribution >= 4 is 16.0 Å². The Kier molecular flexibility index (Phi) is 5.43. The van der Waals surface area contributed by atoms with Gasteiger partial charge in [-0.15, -0.1) is 0 Å². The van der Waals surface area contributed by atoms with Gasteiger partial charge >= 0.3 is 5.97 Å². The predicted molar refractivity (Wildman–Crippen MR) is 76.7 cm³/mol. The number of nitrogens with one attached hydrogen (secondary N) is 1. The summed E-state index contributed by atoms with van der Waals surface area (Å²) in [5.41, 5.74) is 0. The largest absolute Gasteiger partial charge is 0.469 e. The molecule has 0 aromatic rings. The minimum absolute atomic E-state index is 0.0113. The van der Waals surface area contributed by atoms with E-state index in [1.54, 1.807) is 0 Å². The van der Waals surface area contributed by atoms with Crippen molar-refractivity contribution in [1.29, 1.82) is 0 Å². The molecule has 0 spiro atoms. The number of carbonyl (C=O) groups excluding carboxylic acids is 1. The maximum absolute atomic E-state index is 12.3. The van der Waals surface area contributed by atoms with Gasteiger partial charge in [0, 0.05) is 6.04 Å². The van der Waals surface area contributed by atoms with Crippen LogP contribution in [0.15, 0.2) is 0 Å². The SMILES string of the molecule is COC(=O)C1CCC(NS(=O)(=O)C2CCCCC2)CC1. The molecule has 0 heterocycles. The highest BCUT2D eigenvalue weighted by Crippen LogP contribution is 2.28. The number of ether oxygens (including phenoxy) is 1. The molecule has 6 heteroatoms. The Balaban J connectivity index is 1.84. The van der Waals surface area contributed by atoms with Crippen LogP contribution in [0.1, 0.15) is 57.8 Å². The zero-order valence-electron chi connectivity index (χ0n) is 12.1. The molecule has 0 bridgehead atoms. The summed E-state index contributed by atoms with van der Waals surface area (Å²) in [5, 5.41) is -0.213. The van der Waals surface area contributed by atoms with Gasteiger partial charge in [-0.2, -0.15) is 0 Å². The monoisotopic (exact) mass is 303 g/mol. The van der Waals surface area contributed by atoms with Crippen LogP contribution in [-0.2, 0) is 19.6 Å². The van der Waals surface area contributed by atoms with E-state index >= 15 is 0 Å². The zero-order chi connectivity index (χ0) is 14.6. The molecule has 0 atom stereocenters. The minimum atomic E-state index is -3.19. The summed E-state index contributed by atoms with van der Waals surface area (Å²) < 4.78 is 32.3. The van der Waals surface area contributed by atoms with Gasteiger partial charge in [0.25, 0.3) is 0 Å². The van der Waals surface area contributed by atoms with E-state index in [9.17, 15) is 13.2 Å². The van der Waals surface area contributed by atoms with E-state index in [1.807, 2.05) is 0 Å². The number of carbonyl (C=O) groups is 1. The first-order chi connectivity index (χ1) is 9.53. The van der Waals surface area contributed by atoms with Gasteiger partial charge in [0.2, 0.25) is 10.0 Å². The Morgan fingerprint density at radius 2 is 1.60 bits per heavy atom. The Bertz CT molecular complexity index is 420. The van der Waals surface area contributed by atoms with Crippen molar-refractivity contribution in [2.75, 3.05) is 7.11 Å². The topological polar surface area (TPSA) is 72.5 Å². The third-order valence-corrected chi connectivity index (χ3v) is 6.59. The molecule has 0 aromatic carbocycles. The number of methoxy groups -OCH3 is 1. The van der Waals surface area contributed by atoms with Crippen LogP contribution in [0, 0.1) is 5.92 Å². The second-order valence-electron chi connectivity index (χ2n) is 5.99. The van der Waals surface area contributed by atoms with E-state index in [2.05, 4.69) is 4.72 Å². The molecule has 2 fully saturated rings. The number of sulfonamides is 1. The fraction of sp³-hybridized carbons (Fsp3) is 0.929. The second-order valence-corrected chi connectivity index (χ2v) is 7.99. The summed E-state index contributed by atoms with van der Waals surface area (Å²) in [7, 11) is -1.79. The normalized spacial score (nSPS) is 29.1. The molecule has 2 aliphatic rings. The summed E-state index contributed by atoms with van der Waals surface area (Å²) >= 11 is 0. The summed E-state index contributed by atoms with van der Waals surface area (Å²) in [6, 6.07) is -0.0113. The third-order valence-electron chi connectivity index (χ3n) is 4.58. The first-order valence-electron chi connectivity index (χ1n) is 7.62. The van der Waals surface area contributed by atoms with Crippen molar-refractivity contribution in [3.05, 3.63) is 0 Å². The quantitative estimate of drug-likeness (QED) is 0.806. The minimum Gasteiger partial charge on any atom is -0.469 e. The highest BCUT2D eigenvalue weighted by atomic mass is 32.2. The maximum Gasteiger partial charge on any atom is 0.308 e. The average Bonchev–Trinajstić information content (AvgIpc) is 2.48. The van der Waals surface area contributed by atoms with Crippen LogP contribution in [0.2, 0.25) is 0 Å². The Morgan fingerprint density at radius 3 is 2.15 bits per heavy atom. The predicted octanol–water partition coefficient (Wildman–Crippen LogP) is 1.97. The number of hydrogen-bond donors (Lipinski definition) is 1. The van der Waals surface area contributed by atoms with Crippen LogP contribution in [0.4, 0.5) is 0 Å². The molecule has 0 aromatic heterocycles. The highest BCUT2D eigenvalue weighted by Gasteiger charge is 2.32. The van der Waals surface area contributed by atoms with Gasteiger partial charge < -0.3 is 4.74 Å². The maximum atomic E-state index is 12.3. The Hall–Kier alpha value is -0.620. The molecule has 1 N–H and O–H groups in total. The third kappa shape index (κ3) is 3.95. The van der Waals surface area contributed by atoms with Crippen molar-refractivity contribution in [3.63, 3.8) is 0 Å². The molecule has 2 rings (SSSR count). The van der Waals surface area contributed by atoms with Gasteiger partial charge in [0.05, 0.1) is 18.3 Å². The lowest BCUT2D eigenvalue weighted by atomic mass is 9.86. The molecule has 20 heavy (non-hydrogen) atoms. The summed E-state index contributed by atoms with van der Waals surface area (Å²) in [4.78, 5) is 11.4. The molecular weight excluding hydrogens is 278 g/mol. The van der Waals surface area contributed by atoms with Gasteiger partial charge in [0.1, 0.15) is 0 Å². The van der Waals surface area contributed by atoms with Crippen molar-refractivity contribution in [2.45, 2.75) is 69.1 Å². The van der Waals surface area contributed by atoms with Crippen LogP contribution in [0.25, 0.3) is 0 Å². The highest BCUT2D eigenvalue weighted by molar-refractivity contribution is 7.90. The van der Waals surface area contributed by atoms with Crippen molar-refractivity contribution in [2.24, 2.45) is 5.92 Å². The first-order valence-corrected chi connectivity index (χ1v) is 9.16. The van der Waals surface area contributed by atoms with Crippen molar-refractivity contribution < 1.29 is 17.9 Å². The molecule has 116 valence electrons. The van der Waals surface area contributed by atoms with E-state index in [0.717, 1.165) is 44.9 Å². The molecule has 0 aliphatic heterocycles. The lowest BCUT2D eigenvalue weighted by molar-refractivity contribution is -0.146. The molecule has 0 amide bonds. The fourth-order valence-electron chi connectivity index (χ4n) is 3.32.